The zero-order chi connectivity index (χ0) is 12.4. The summed E-state index contributed by atoms with van der Waals surface area (Å²) in [5.74, 6) is 0. The number of hydrogen-bond donors (Lipinski definition) is 1. The predicted molar refractivity (Wildman–Crippen MR) is 71.4 cm³/mol. The monoisotopic (exact) mass is 245 g/mol. The van der Waals surface area contributed by atoms with Crippen molar-refractivity contribution < 1.29 is 4.42 Å². The van der Waals surface area contributed by atoms with Crippen LogP contribution in [0.2, 0.25) is 0 Å². The van der Waals surface area contributed by atoms with Gasteiger partial charge in [-0.05, 0) is 37.6 Å². The van der Waals surface area contributed by atoms with E-state index in [1.165, 1.54) is 24.8 Å². The van der Waals surface area contributed by atoms with Crippen LogP contribution in [0.1, 0.15) is 18.4 Å². The second-order valence-electron chi connectivity index (χ2n) is 5.12. The topological polar surface area (TPSA) is 41.3 Å². The van der Waals surface area contributed by atoms with Crippen LogP contribution in [0.3, 0.4) is 0 Å². The number of oxazole rings is 1. The smallest absolute Gasteiger partial charge is 0.181 e. The van der Waals surface area contributed by atoms with Crippen LogP contribution in [0, 0.1) is 0 Å². The molecule has 1 fully saturated rings. The van der Waals surface area contributed by atoms with Gasteiger partial charge in [-0.25, -0.2) is 4.98 Å². The molecule has 1 aliphatic rings. The zero-order valence-electron chi connectivity index (χ0n) is 10.7. The molecule has 0 spiro atoms. The highest BCUT2D eigenvalue weighted by atomic mass is 16.3. The summed E-state index contributed by atoms with van der Waals surface area (Å²) in [6.07, 6.45) is 4.20. The molecule has 0 atom stereocenters. The molecule has 0 amide bonds. The van der Waals surface area contributed by atoms with E-state index < -0.39 is 0 Å². The van der Waals surface area contributed by atoms with E-state index in [0.717, 1.165) is 36.8 Å². The minimum absolute atomic E-state index is 0.795. The van der Waals surface area contributed by atoms with Crippen molar-refractivity contribution in [2.45, 2.75) is 25.4 Å². The predicted octanol–water partition coefficient (Wildman–Crippen LogP) is 2.01. The van der Waals surface area contributed by atoms with E-state index in [0.29, 0.717) is 0 Å². The molecule has 96 valence electrons. The van der Waals surface area contributed by atoms with E-state index in [1.807, 2.05) is 6.07 Å². The maximum absolute atomic E-state index is 5.32. The first-order valence-electron chi connectivity index (χ1n) is 6.55. The normalized spacial score (nSPS) is 15.7. The molecule has 18 heavy (non-hydrogen) atoms. The summed E-state index contributed by atoms with van der Waals surface area (Å²) in [6.45, 7) is 3.10. The lowest BCUT2D eigenvalue weighted by Gasteiger charge is -2.16. The van der Waals surface area contributed by atoms with Crippen LogP contribution in [-0.4, -0.2) is 36.1 Å². The first-order chi connectivity index (χ1) is 8.81. The lowest BCUT2D eigenvalue weighted by Crippen LogP contribution is -2.30. The van der Waals surface area contributed by atoms with Gasteiger partial charge in [0.25, 0.3) is 0 Å². The first-order valence-corrected chi connectivity index (χ1v) is 6.55. The van der Waals surface area contributed by atoms with Gasteiger partial charge >= 0.3 is 0 Å². The number of likely N-dealkylation sites (N-methyl/N-ethyl adjacent to an activating group) is 1. The SMILES string of the molecule is CN(CCNC1CC1)Cc1ccc2ncoc2c1. The van der Waals surface area contributed by atoms with Gasteiger partial charge in [0.15, 0.2) is 12.0 Å². The summed E-state index contributed by atoms with van der Waals surface area (Å²) in [5.41, 5.74) is 3.07. The van der Waals surface area contributed by atoms with E-state index in [9.17, 15) is 0 Å². The van der Waals surface area contributed by atoms with Gasteiger partial charge in [-0.3, -0.25) is 0 Å². The third kappa shape index (κ3) is 2.89. The molecule has 0 radical (unpaired) electrons. The van der Waals surface area contributed by atoms with E-state index in [1.54, 1.807) is 0 Å². The Hall–Kier alpha value is -1.39. The summed E-state index contributed by atoms with van der Waals surface area (Å²) in [4.78, 5) is 6.45. The fourth-order valence-electron chi connectivity index (χ4n) is 2.14. The molecule has 1 aromatic carbocycles. The number of benzene rings is 1. The minimum Gasteiger partial charge on any atom is -0.443 e. The first kappa shape index (κ1) is 11.7. The number of nitrogens with zero attached hydrogens (tertiary/aromatic N) is 2. The van der Waals surface area contributed by atoms with Gasteiger partial charge in [0, 0.05) is 25.7 Å². The molecular weight excluding hydrogens is 226 g/mol. The Labute approximate surface area is 107 Å². The maximum Gasteiger partial charge on any atom is 0.181 e. The molecule has 1 saturated carbocycles. The molecule has 3 rings (SSSR count). The highest BCUT2D eigenvalue weighted by Gasteiger charge is 2.19. The summed E-state index contributed by atoms with van der Waals surface area (Å²) >= 11 is 0. The summed E-state index contributed by atoms with van der Waals surface area (Å²) in [6, 6.07) is 7.01. The number of fused-ring (bicyclic) bond motifs is 1. The maximum atomic E-state index is 5.32. The number of rotatable bonds is 6. The van der Waals surface area contributed by atoms with Crippen LogP contribution in [0.15, 0.2) is 29.0 Å². The highest BCUT2D eigenvalue weighted by molar-refractivity contribution is 5.72. The number of hydrogen-bond acceptors (Lipinski definition) is 4. The number of aromatic nitrogens is 1. The van der Waals surface area contributed by atoms with Crippen molar-refractivity contribution in [1.82, 2.24) is 15.2 Å². The van der Waals surface area contributed by atoms with Crippen LogP contribution >= 0.6 is 0 Å². The summed E-state index contributed by atoms with van der Waals surface area (Å²) in [5, 5.41) is 3.53. The Kier molecular flexibility index (Phi) is 3.30. The fourth-order valence-corrected chi connectivity index (χ4v) is 2.14. The second kappa shape index (κ2) is 5.08. The Morgan fingerprint density at radius 1 is 1.44 bits per heavy atom. The molecule has 1 N–H and O–H groups in total. The second-order valence-corrected chi connectivity index (χ2v) is 5.12. The molecule has 1 aromatic heterocycles. The molecule has 1 heterocycles. The van der Waals surface area contributed by atoms with Crippen molar-refractivity contribution in [3.63, 3.8) is 0 Å². The fraction of sp³-hybridized carbons (Fsp3) is 0.500. The van der Waals surface area contributed by atoms with Crippen molar-refractivity contribution in [3.05, 3.63) is 30.2 Å². The van der Waals surface area contributed by atoms with Crippen molar-refractivity contribution in [3.8, 4) is 0 Å². The summed E-state index contributed by atoms with van der Waals surface area (Å²) in [7, 11) is 2.15. The Morgan fingerprint density at radius 3 is 3.17 bits per heavy atom. The van der Waals surface area contributed by atoms with Gasteiger partial charge in [-0.2, -0.15) is 0 Å². The lowest BCUT2D eigenvalue weighted by atomic mass is 10.2. The van der Waals surface area contributed by atoms with Gasteiger partial charge in [0.05, 0.1) is 0 Å². The van der Waals surface area contributed by atoms with Gasteiger partial charge in [0.2, 0.25) is 0 Å². The molecule has 4 heteroatoms. The minimum atomic E-state index is 0.795. The van der Waals surface area contributed by atoms with E-state index in [-0.39, 0.29) is 0 Å². The van der Waals surface area contributed by atoms with E-state index >= 15 is 0 Å². The molecule has 0 aliphatic heterocycles. The molecule has 2 aromatic rings. The van der Waals surface area contributed by atoms with Gasteiger partial charge in [-0.1, -0.05) is 6.07 Å². The van der Waals surface area contributed by atoms with E-state index in [4.69, 9.17) is 4.42 Å². The molecular formula is C14H19N3O. The van der Waals surface area contributed by atoms with Crippen LogP contribution in [0.5, 0.6) is 0 Å². The average molecular weight is 245 g/mol. The van der Waals surface area contributed by atoms with Crippen LogP contribution in [0.4, 0.5) is 0 Å². The van der Waals surface area contributed by atoms with Gasteiger partial charge in [0.1, 0.15) is 5.52 Å². The third-order valence-corrected chi connectivity index (χ3v) is 3.35. The molecule has 0 bridgehead atoms. The standard InChI is InChI=1S/C14H19N3O/c1-17(7-6-15-12-3-4-12)9-11-2-5-13-14(8-11)18-10-16-13/h2,5,8,10,12,15H,3-4,6-7,9H2,1H3. The Balaban J connectivity index is 1.53. The van der Waals surface area contributed by atoms with Gasteiger partial charge < -0.3 is 14.6 Å². The van der Waals surface area contributed by atoms with Crippen molar-refractivity contribution in [2.75, 3.05) is 20.1 Å². The largest absolute Gasteiger partial charge is 0.443 e. The van der Waals surface area contributed by atoms with Crippen molar-refractivity contribution >= 4 is 11.1 Å². The van der Waals surface area contributed by atoms with Crippen LogP contribution < -0.4 is 5.32 Å². The van der Waals surface area contributed by atoms with Crippen LogP contribution in [-0.2, 0) is 6.54 Å². The van der Waals surface area contributed by atoms with E-state index in [2.05, 4.69) is 34.4 Å². The molecule has 4 nitrogen and oxygen atoms in total. The van der Waals surface area contributed by atoms with Crippen LogP contribution in [0.25, 0.3) is 11.1 Å². The quantitative estimate of drug-likeness (QED) is 0.845. The summed E-state index contributed by atoms with van der Waals surface area (Å²) < 4.78 is 5.32. The van der Waals surface area contributed by atoms with Crippen molar-refractivity contribution in [1.29, 1.82) is 0 Å². The number of nitrogens with one attached hydrogen (secondary N) is 1. The molecule has 1 aliphatic carbocycles. The third-order valence-electron chi connectivity index (χ3n) is 3.35. The lowest BCUT2D eigenvalue weighted by molar-refractivity contribution is 0.324. The Bertz CT molecular complexity index is 518. The zero-order valence-corrected chi connectivity index (χ0v) is 10.7. The molecule has 0 saturated heterocycles. The average Bonchev–Trinajstić information content (AvgIpc) is 3.06. The van der Waals surface area contributed by atoms with Crippen molar-refractivity contribution in [2.24, 2.45) is 0 Å². The Morgan fingerprint density at radius 2 is 2.33 bits per heavy atom. The highest BCUT2D eigenvalue weighted by Crippen LogP contribution is 2.18. The molecule has 0 unspecified atom stereocenters. The van der Waals surface area contributed by atoms with Gasteiger partial charge in [-0.15, -0.1) is 0 Å².